The van der Waals surface area contributed by atoms with Crippen LogP contribution < -0.4 is 5.56 Å². The molecule has 0 spiro atoms. The van der Waals surface area contributed by atoms with Crippen LogP contribution in [0.15, 0.2) is 23.0 Å². The fourth-order valence-corrected chi connectivity index (χ4v) is 3.54. The van der Waals surface area contributed by atoms with Crippen LogP contribution in [-0.2, 0) is 18.5 Å². The largest absolute Gasteiger partial charge is 0.313 e. The highest BCUT2D eigenvalue weighted by atomic mass is 16.1. The summed E-state index contributed by atoms with van der Waals surface area (Å²) in [5.74, 6) is 2.49. The maximum atomic E-state index is 12.1. The van der Waals surface area contributed by atoms with E-state index >= 15 is 0 Å². The van der Waals surface area contributed by atoms with Gasteiger partial charge in [-0.2, -0.15) is 5.10 Å². The van der Waals surface area contributed by atoms with Crippen molar-refractivity contribution in [3.63, 3.8) is 0 Å². The standard InChI is InChI=1S/C19H28N4O/c1-14-8-7-11-17(24)22(14)13-12-16-20-18(15-9-5-6-10-15)21-23(16)19(2,3)4/h7-8,11,15H,5-6,9-10,12-13H2,1-4H3. The van der Waals surface area contributed by atoms with Gasteiger partial charge in [0.25, 0.3) is 5.56 Å². The van der Waals surface area contributed by atoms with Crippen molar-refractivity contribution in [2.75, 3.05) is 0 Å². The lowest BCUT2D eigenvalue weighted by Gasteiger charge is -2.21. The van der Waals surface area contributed by atoms with E-state index in [-0.39, 0.29) is 11.1 Å². The lowest BCUT2D eigenvalue weighted by Crippen LogP contribution is -2.28. The van der Waals surface area contributed by atoms with Crippen LogP contribution in [0, 0.1) is 6.92 Å². The minimum absolute atomic E-state index is 0.0489. The van der Waals surface area contributed by atoms with Crippen molar-refractivity contribution in [3.05, 3.63) is 45.9 Å². The molecule has 0 atom stereocenters. The Kier molecular flexibility index (Phi) is 4.61. The van der Waals surface area contributed by atoms with E-state index in [1.165, 1.54) is 25.7 Å². The molecule has 3 rings (SSSR count). The molecule has 2 aromatic rings. The number of rotatable bonds is 4. The van der Waals surface area contributed by atoms with E-state index < -0.39 is 0 Å². The van der Waals surface area contributed by atoms with Crippen LogP contribution >= 0.6 is 0 Å². The third-order valence-electron chi connectivity index (χ3n) is 4.87. The summed E-state index contributed by atoms with van der Waals surface area (Å²) in [7, 11) is 0. The molecule has 0 bridgehead atoms. The second-order valence-corrected chi connectivity index (χ2v) is 7.86. The highest BCUT2D eigenvalue weighted by molar-refractivity contribution is 5.07. The Bertz CT molecular complexity index is 760. The van der Waals surface area contributed by atoms with E-state index in [1.54, 1.807) is 6.07 Å². The molecule has 2 aromatic heterocycles. The summed E-state index contributed by atoms with van der Waals surface area (Å²) in [6.45, 7) is 9.08. The van der Waals surface area contributed by atoms with Crippen molar-refractivity contribution in [2.24, 2.45) is 0 Å². The topological polar surface area (TPSA) is 52.7 Å². The molecule has 1 saturated carbocycles. The summed E-state index contributed by atoms with van der Waals surface area (Å²) in [5, 5.41) is 4.84. The zero-order chi connectivity index (χ0) is 17.3. The number of hydrogen-bond donors (Lipinski definition) is 0. The van der Waals surface area contributed by atoms with Crippen LogP contribution in [0.3, 0.4) is 0 Å². The van der Waals surface area contributed by atoms with Crippen molar-refractivity contribution < 1.29 is 0 Å². The van der Waals surface area contributed by atoms with E-state index in [0.717, 1.165) is 23.8 Å². The summed E-state index contributed by atoms with van der Waals surface area (Å²) < 4.78 is 3.88. The van der Waals surface area contributed by atoms with Crippen LogP contribution in [0.1, 0.15) is 69.7 Å². The van der Waals surface area contributed by atoms with Gasteiger partial charge in [-0.25, -0.2) is 9.67 Å². The number of hydrogen-bond acceptors (Lipinski definition) is 3. The second kappa shape index (κ2) is 6.54. The van der Waals surface area contributed by atoms with Crippen molar-refractivity contribution in [3.8, 4) is 0 Å². The van der Waals surface area contributed by atoms with E-state index in [1.807, 2.05) is 23.6 Å². The predicted octanol–water partition coefficient (Wildman–Crippen LogP) is 3.40. The van der Waals surface area contributed by atoms with Gasteiger partial charge in [-0.3, -0.25) is 4.79 Å². The fraction of sp³-hybridized carbons (Fsp3) is 0.632. The van der Waals surface area contributed by atoms with Gasteiger partial charge in [0.15, 0.2) is 5.82 Å². The molecule has 0 amide bonds. The summed E-state index contributed by atoms with van der Waals surface area (Å²) in [6, 6.07) is 5.40. The zero-order valence-corrected chi connectivity index (χ0v) is 15.2. The quantitative estimate of drug-likeness (QED) is 0.864. The Hall–Kier alpha value is -1.91. The molecule has 24 heavy (non-hydrogen) atoms. The first-order chi connectivity index (χ1) is 11.4. The first kappa shape index (κ1) is 16.9. The molecular formula is C19H28N4O. The number of aryl methyl sites for hydroxylation is 2. The normalized spacial score (nSPS) is 16.0. The molecule has 0 saturated heterocycles. The lowest BCUT2D eigenvalue weighted by molar-refractivity contribution is 0.336. The Morgan fingerprint density at radius 1 is 1.21 bits per heavy atom. The van der Waals surface area contributed by atoms with E-state index in [4.69, 9.17) is 10.1 Å². The number of pyridine rings is 1. The van der Waals surface area contributed by atoms with Gasteiger partial charge in [0.2, 0.25) is 0 Å². The van der Waals surface area contributed by atoms with Crippen molar-refractivity contribution in [1.29, 1.82) is 0 Å². The minimum Gasteiger partial charge on any atom is -0.313 e. The van der Waals surface area contributed by atoms with Gasteiger partial charge in [0, 0.05) is 30.6 Å². The van der Waals surface area contributed by atoms with Crippen LogP contribution in [0.4, 0.5) is 0 Å². The molecule has 1 aliphatic carbocycles. The molecule has 0 unspecified atom stereocenters. The molecule has 2 heterocycles. The van der Waals surface area contributed by atoms with Gasteiger partial charge in [-0.05, 0) is 46.6 Å². The number of nitrogens with zero attached hydrogens (tertiary/aromatic N) is 4. The molecule has 0 N–H and O–H groups in total. The van der Waals surface area contributed by atoms with Crippen LogP contribution in [0.5, 0.6) is 0 Å². The van der Waals surface area contributed by atoms with Crippen LogP contribution in [-0.4, -0.2) is 19.3 Å². The Balaban J connectivity index is 1.87. The smallest absolute Gasteiger partial charge is 0.250 e. The van der Waals surface area contributed by atoms with E-state index in [9.17, 15) is 4.79 Å². The third-order valence-corrected chi connectivity index (χ3v) is 4.87. The summed E-state index contributed by atoms with van der Waals surface area (Å²) in [4.78, 5) is 16.9. The fourth-order valence-electron chi connectivity index (χ4n) is 3.54. The molecule has 1 fully saturated rings. The van der Waals surface area contributed by atoms with Gasteiger partial charge in [-0.1, -0.05) is 18.9 Å². The monoisotopic (exact) mass is 328 g/mol. The van der Waals surface area contributed by atoms with Crippen molar-refractivity contribution >= 4 is 0 Å². The van der Waals surface area contributed by atoms with Gasteiger partial charge < -0.3 is 4.57 Å². The van der Waals surface area contributed by atoms with Crippen molar-refractivity contribution in [2.45, 2.75) is 77.8 Å². The molecule has 0 aliphatic heterocycles. The molecule has 0 aromatic carbocycles. The molecule has 130 valence electrons. The average Bonchev–Trinajstić information content (AvgIpc) is 3.15. The summed E-state index contributed by atoms with van der Waals surface area (Å²) in [5.41, 5.74) is 0.934. The van der Waals surface area contributed by atoms with Gasteiger partial charge in [0.05, 0.1) is 5.54 Å². The maximum Gasteiger partial charge on any atom is 0.250 e. The van der Waals surface area contributed by atoms with Gasteiger partial charge >= 0.3 is 0 Å². The molecule has 5 nitrogen and oxygen atoms in total. The second-order valence-electron chi connectivity index (χ2n) is 7.86. The van der Waals surface area contributed by atoms with Gasteiger partial charge in [0.1, 0.15) is 5.82 Å². The van der Waals surface area contributed by atoms with Crippen molar-refractivity contribution in [1.82, 2.24) is 19.3 Å². The van der Waals surface area contributed by atoms with E-state index in [2.05, 4.69) is 25.5 Å². The average molecular weight is 328 g/mol. The van der Waals surface area contributed by atoms with E-state index in [0.29, 0.717) is 12.5 Å². The van der Waals surface area contributed by atoms with Crippen LogP contribution in [0.25, 0.3) is 0 Å². The van der Waals surface area contributed by atoms with Gasteiger partial charge in [-0.15, -0.1) is 0 Å². The Morgan fingerprint density at radius 2 is 1.92 bits per heavy atom. The first-order valence-electron chi connectivity index (χ1n) is 8.99. The first-order valence-corrected chi connectivity index (χ1v) is 8.99. The predicted molar refractivity (Wildman–Crippen MR) is 95.4 cm³/mol. The number of aromatic nitrogens is 4. The van der Waals surface area contributed by atoms with Crippen LogP contribution in [0.2, 0.25) is 0 Å². The highest BCUT2D eigenvalue weighted by Crippen LogP contribution is 2.33. The lowest BCUT2D eigenvalue weighted by atomic mass is 10.1. The SMILES string of the molecule is Cc1cccc(=O)n1CCc1nc(C2CCCC2)nn1C(C)(C)C. The Morgan fingerprint density at radius 3 is 2.54 bits per heavy atom. The Labute approximate surface area is 143 Å². The molecule has 5 heteroatoms. The maximum absolute atomic E-state index is 12.1. The zero-order valence-electron chi connectivity index (χ0n) is 15.2. The molecule has 0 radical (unpaired) electrons. The third kappa shape index (κ3) is 3.45. The molecular weight excluding hydrogens is 300 g/mol. The summed E-state index contributed by atoms with van der Waals surface area (Å²) >= 11 is 0. The molecule has 1 aliphatic rings. The summed E-state index contributed by atoms with van der Waals surface area (Å²) in [6.07, 6.45) is 5.68. The minimum atomic E-state index is -0.101. The highest BCUT2D eigenvalue weighted by Gasteiger charge is 2.26.